The summed E-state index contributed by atoms with van der Waals surface area (Å²) in [7, 11) is 0. The highest BCUT2D eigenvalue weighted by Crippen LogP contribution is 2.24. The van der Waals surface area contributed by atoms with Crippen LogP contribution in [0.25, 0.3) is 0 Å². The minimum Gasteiger partial charge on any atom is -0.462 e. The van der Waals surface area contributed by atoms with Gasteiger partial charge in [-0.2, -0.15) is 0 Å². The molecular weight excluding hydrogens is 734 g/mol. The number of nitrogens with one attached hydrogen (secondary N) is 2. The Morgan fingerprint density at radius 3 is 1.46 bits per heavy atom. The summed E-state index contributed by atoms with van der Waals surface area (Å²) in [5, 5.41) is 28.3. The van der Waals surface area contributed by atoms with Crippen molar-refractivity contribution in [3.63, 3.8) is 0 Å². The van der Waals surface area contributed by atoms with E-state index in [4.69, 9.17) is 18.9 Å². The predicted molar refractivity (Wildman–Crippen MR) is 203 cm³/mol. The molecule has 2 aromatic carbocycles. The summed E-state index contributed by atoms with van der Waals surface area (Å²) < 4.78 is 20.1. The van der Waals surface area contributed by atoms with Gasteiger partial charge in [0.25, 0.3) is 11.4 Å². The highest BCUT2D eigenvalue weighted by Gasteiger charge is 2.25. The fourth-order valence-corrected chi connectivity index (χ4v) is 4.95. The van der Waals surface area contributed by atoms with Crippen molar-refractivity contribution in [1.82, 2.24) is 15.5 Å². The molecule has 2 aromatic rings. The summed E-state index contributed by atoms with van der Waals surface area (Å²) in [6, 6.07) is 7.30. The Morgan fingerprint density at radius 2 is 1.09 bits per heavy atom. The molecule has 0 bridgehead atoms. The number of nitro groups is 2. The van der Waals surface area contributed by atoms with E-state index < -0.39 is 64.5 Å². The molecule has 0 radical (unpaired) electrons. The molecule has 0 saturated carbocycles. The quantitative estimate of drug-likeness (QED) is 0.0489. The third-order valence-corrected chi connectivity index (χ3v) is 8.87. The van der Waals surface area contributed by atoms with Gasteiger partial charge in [0.2, 0.25) is 5.91 Å². The number of nitro benzene ring substituents is 2. The van der Waals surface area contributed by atoms with E-state index in [0.29, 0.717) is 5.92 Å². The van der Waals surface area contributed by atoms with Crippen LogP contribution in [0.4, 0.5) is 21.0 Å². The van der Waals surface area contributed by atoms with Gasteiger partial charge in [0, 0.05) is 44.2 Å². The molecule has 2 rings (SSSR count). The predicted octanol–water partition coefficient (Wildman–Crippen LogP) is 5.96. The van der Waals surface area contributed by atoms with Gasteiger partial charge in [0.05, 0.1) is 45.3 Å². The molecule has 56 heavy (non-hydrogen) atoms. The van der Waals surface area contributed by atoms with E-state index in [1.165, 1.54) is 29.2 Å². The van der Waals surface area contributed by atoms with Gasteiger partial charge in [0.1, 0.15) is 13.2 Å². The first-order valence-corrected chi connectivity index (χ1v) is 18.2. The Labute approximate surface area is 325 Å². The molecule has 0 aromatic heterocycles. The van der Waals surface area contributed by atoms with Gasteiger partial charge < -0.3 is 34.5 Å². The Bertz CT molecular complexity index is 1640. The lowest BCUT2D eigenvalue weighted by atomic mass is 9.90. The average Bonchev–Trinajstić information content (AvgIpc) is 3.16. The highest BCUT2D eigenvalue weighted by atomic mass is 16.6. The number of nitrogens with zero attached hydrogens (tertiary/aromatic N) is 3. The number of rotatable bonds is 21. The number of benzene rings is 2. The SMILES string of the molecule is CCOC(=O)c1ccc(COC(=O)NCCN(CCNC(=O)OCc2ccc(C(=O)OCC)cc2[N+](=O)[O-])C(=O)C(C)C(C)/C=C\C(C)C(C)C)c([N+](=O)[O-])c1. The number of hydrogen-bond acceptors (Lipinski definition) is 13. The van der Waals surface area contributed by atoms with Crippen LogP contribution in [0.3, 0.4) is 0 Å². The lowest BCUT2D eigenvalue weighted by molar-refractivity contribution is -0.386. The number of esters is 2. The first-order valence-electron chi connectivity index (χ1n) is 18.2. The molecule has 0 aliphatic heterocycles. The van der Waals surface area contributed by atoms with E-state index in [2.05, 4.69) is 37.5 Å². The topological polar surface area (TPSA) is 236 Å². The normalized spacial score (nSPS) is 12.6. The van der Waals surface area contributed by atoms with E-state index >= 15 is 0 Å². The number of amides is 3. The van der Waals surface area contributed by atoms with Gasteiger partial charge in [0.15, 0.2) is 0 Å². The number of allylic oxidation sites excluding steroid dienone is 2. The molecule has 0 fully saturated rings. The zero-order chi connectivity index (χ0) is 41.9. The second-order valence-electron chi connectivity index (χ2n) is 13.1. The van der Waals surface area contributed by atoms with Crippen LogP contribution in [-0.4, -0.2) is 84.2 Å². The molecule has 0 aliphatic carbocycles. The second-order valence-corrected chi connectivity index (χ2v) is 13.1. The zero-order valence-corrected chi connectivity index (χ0v) is 32.7. The summed E-state index contributed by atoms with van der Waals surface area (Å²) in [4.78, 5) is 86.1. The van der Waals surface area contributed by atoms with Crippen LogP contribution in [0, 0.1) is 43.9 Å². The monoisotopic (exact) mass is 785 g/mol. The van der Waals surface area contributed by atoms with Crippen molar-refractivity contribution in [2.45, 2.75) is 61.7 Å². The Hall–Kier alpha value is -6.07. The van der Waals surface area contributed by atoms with E-state index in [0.717, 1.165) is 12.1 Å². The van der Waals surface area contributed by atoms with Gasteiger partial charge in [-0.25, -0.2) is 19.2 Å². The van der Waals surface area contributed by atoms with Crippen LogP contribution >= 0.6 is 0 Å². The summed E-state index contributed by atoms with van der Waals surface area (Å²) in [5.41, 5.74) is -0.845. The largest absolute Gasteiger partial charge is 0.462 e. The number of ether oxygens (including phenoxy) is 4. The molecule has 18 nitrogen and oxygen atoms in total. The van der Waals surface area contributed by atoms with Gasteiger partial charge >= 0.3 is 24.1 Å². The zero-order valence-electron chi connectivity index (χ0n) is 32.7. The van der Waals surface area contributed by atoms with E-state index in [-0.39, 0.29) is 79.4 Å². The van der Waals surface area contributed by atoms with Crippen LogP contribution in [-0.2, 0) is 37.0 Å². The molecule has 3 amide bonds. The lowest BCUT2D eigenvalue weighted by Gasteiger charge is -2.28. The van der Waals surface area contributed by atoms with Gasteiger partial charge in [-0.1, -0.05) is 46.8 Å². The van der Waals surface area contributed by atoms with Crippen molar-refractivity contribution < 1.29 is 52.8 Å². The van der Waals surface area contributed by atoms with E-state index in [1.807, 2.05) is 13.0 Å². The van der Waals surface area contributed by atoms with Crippen LogP contribution in [0.5, 0.6) is 0 Å². The smallest absolute Gasteiger partial charge is 0.407 e. The maximum absolute atomic E-state index is 13.7. The van der Waals surface area contributed by atoms with Crippen molar-refractivity contribution in [1.29, 1.82) is 0 Å². The fraction of sp³-hybridized carbons (Fsp3) is 0.500. The standard InChI is InChI=1S/C38H51N5O13/c1-8-53-35(45)28-12-14-30(32(20-28)42(49)50)22-55-37(47)39-16-18-41(34(44)27(7)26(6)11-10-25(5)24(3)4)19-17-40-38(48)56-23-31-15-13-29(36(46)54-9-2)21-33(31)43(51)52/h10-15,20-21,24-27H,8-9,16-19,22-23H2,1-7H3,(H,39,47)(H,40,48)/b11-10-. The van der Waals surface area contributed by atoms with Crippen LogP contribution in [0.2, 0.25) is 0 Å². The Kier molecular flexibility index (Phi) is 18.9. The average molecular weight is 786 g/mol. The Morgan fingerprint density at radius 1 is 0.679 bits per heavy atom. The summed E-state index contributed by atoms with van der Waals surface area (Å²) in [6.07, 6.45) is 2.20. The molecule has 0 heterocycles. The first-order chi connectivity index (χ1) is 26.5. The van der Waals surface area contributed by atoms with Gasteiger partial charge in [-0.3, -0.25) is 25.0 Å². The van der Waals surface area contributed by atoms with Gasteiger partial charge in [-0.15, -0.1) is 0 Å². The number of alkyl carbamates (subject to hydrolysis) is 2. The molecule has 2 N–H and O–H groups in total. The van der Waals surface area contributed by atoms with Crippen molar-refractivity contribution in [3.05, 3.63) is 91.0 Å². The van der Waals surface area contributed by atoms with Crippen molar-refractivity contribution in [2.75, 3.05) is 39.4 Å². The van der Waals surface area contributed by atoms with Crippen LogP contribution in [0.1, 0.15) is 80.3 Å². The molecule has 306 valence electrons. The van der Waals surface area contributed by atoms with Crippen LogP contribution < -0.4 is 10.6 Å². The van der Waals surface area contributed by atoms with Crippen LogP contribution in [0.15, 0.2) is 48.6 Å². The van der Waals surface area contributed by atoms with Gasteiger partial charge in [-0.05, 0) is 55.9 Å². The summed E-state index contributed by atoms with van der Waals surface area (Å²) in [6.45, 7) is 12.2. The maximum Gasteiger partial charge on any atom is 0.407 e. The van der Waals surface area contributed by atoms with Crippen molar-refractivity contribution in [3.8, 4) is 0 Å². The Balaban J connectivity index is 2.07. The minimum atomic E-state index is -0.917. The maximum atomic E-state index is 13.7. The molecule has 0 saturated heterocycles. The third-order valence-electron chi connectivity index (χ3n) is 8.87. The highest BCUT2D eigenvalue weighted by molar-refractivity contribution is 5.91. The molecule has 0 aliphatic rings. The second kappa shape index (κ2) is 23.0. The van der Waals surface area contributed by atoms with E-state index in [1.54, 1.807) is 20.8 Å². The first kappa shape index (κ1) is 46.1. The fourth-order valence-electron chi connectivity index (χ4n) is 4.95. The molecule has 3 unspecified atom stereocenters. The minimum absolute atomic E-state index is 0.00122. The summed E-state index contributed by atoms with van der Waals surface area (Å²) in [5.74, 6) is -1.68. The molecule has 0 spiro atoms. The van der Waals surface area contributed by atoms with Crippen molar-refractivity contribution in [2.24, 2.45) is 23.7 Å². The number of carbonyl (C=O) groups excluding carboxylic acids is 5. The lowest BCUT2D eigenvalue weighted by Crippen LogP contribution is -2.45. The van der Waals surface area contributed by atoms with E-state index in [9.17, 15) is 44.2 Å². The summed E-state index contributed by atoms with van der Waals surface area (Å²) >= 11 is 0. The molecule has 18 heteroatoms. The number of carbonyl (C=O) groups is 5. The third kappa shape index (κ3) is 14.6. The molecule has 3 atom stereocenters. The molecular formula is C38H51N5O13. The number of hydrogen-bond donors (Lipinski definition) is 2. The van der Waals surface area contributed by atoms with Crippen molar-refractivity contribution >= 4 is 41.4 Å².